The number of carboxylic acids is 1. The van der Waals surface area contributed by atoms with Crippen molar-refractivity contribution in [3.8, 4) is 11.5 Å². The van der Waals surface area contributed by atoms with Gasteiger partial charge in [-0.05, 0) is 26.0 Å². The van der Waals surface area contributed by atoms with E-state index >= 15 is 0 Å². The molecule has 0 heterocycles. The smallest absolute Gasteiger partial charge is 0.305 e. The molecule has 0 aliphatic heterocycles. The molecule has 0 spiro atoms. The van der Waals surface area contributed by atoms with E-state index in [4.69, 9.17) is 19.3 Å². The maximum Gasteiger partial charge on any atom is 0.305 e. The number of aliphatic carboxylic acids is 1. The third-order valence-corrected chi connectivity index (χ3v) is 3.08. The lowest BCUT2D eigenvalue weighted by atomic mass is 10.0. The van der Waals surface area contributed by atoms with E-state index in [0.29, 0.717) is 17.1 Å². The van der Waals surface area contributed by atoms with Crippen LogP contribution < -0.4 is 14.8 Å². The molecule has 1 aromatic rings. The van der Waals surface area contributed by atoms with Crippen molar-refractivity contribution in [1.82, 2.24) is 5.32 Å². The first kappa shape index (κ1) is 18.8. The summed E-state index contributed by atoms with van der Waals surface area (Å²) in [6.45, 7) is 3.50. The SMILES string of the molecule is COc1ccc(C(CC(=O)O)NC(=O)COC(C)C)c(OC)c1. The van der Waals surface area contributed by atoms with Gasteiger partial charge in [-0.15, -0.1) is 0 Å². The fraction of sp³-hybridized carbons (Fsp3) is 0.500. The Bertz CT molecular complexity index is 543. The number of ether oxygens (including phenoxy) is 3. The van der Waals surface area contributed by atoms with Crippen LogP contribution >= 0.6 is 0 Å². The largest absolute Gasteiger partial charge is 0.497 e. The lowest BCUT2D eigenvalue weighted by Gasteiger charge is -2.20. The van der Waals surface area contributed by atoms with Crippen LogP contribution in [0.25, 0.3) is 0 Å². The second-order valence-electron chi connectivity index (χ2n) is 5.19. The number of carbonyl (C=O) groups excluding carboxylic acids is 1. The fourth-order valence-corrected chi connectivity index (χ4v) is 2.00. The monoisotopic (exact) mass is 325 g/mol. The van der Waals surface area contributed by atoms with Gasteiger partial charge in [-0.1, -0.05) is 0 Å². The molecule has 1 amide bonds. The summed E-state index contributed by atoms with van der Waals surface area (Å²) in [6.07, 6.45) is -0.356. The Kier molecular flexibility index (Phi) is 7.34. The van der Waals surface area contributed by atoms with Gasteiger partial charge in [0.1, 0.15) is 18.1 Å². The van der Waals surface area contributed by atoms with Gasteiger partial charge >= 0.3 is 5.97 Å². The molecule has 0 radical (unpaired) electrons. The number of amides is 1. The number of hydrogen-bond acceptors (Lipinski definition) is 5. The van der Waals surface area contributed by atoms with Crippen molar-refractivity contribution in [2.75, 3.05) is 20.8 Å². The molecule has 1 aromatic carbocycles. The maximum atomic E-state index is 11.9. The van der Waals surface area contributed by atoms with E-state index in [1.165, 1.54) is 14.2 Å². The molecule has 128 valence electrons. The summed E-state index contributed by atoms with van der Waals surface area (Å²) in [7, 11) is 2.99. The predicted molar refractivity (Wildman–Crippen MR) is 83.8 cm³/mol. The van der Waals surface area contributed by atoms with Crippen LogP contribution in [0.15, 0.2) is 18.2 Å². The second kappa shape index (κ2) is 8.99. The summed E-state index contributed by atoms with van der Waals surface area (Å²) >= 11 is 0. The second-order valence-corrected chi connectivity index (χ2v) is 5.19. The molecule has 0 aromatic heterocycles. The zero-order valence-electron chi connectivity index (χ0n) is 13.8. The van der Waals surface area contributed by atoms with Gasteiger partial charge in [0.25, 0.3) is 0 Å². The molecule has 7 nitrogen and oxygen atoms in total. The van der Waals surface area contributed by atoms with Crippen LogP contribution in [0.1, 0.15) is 31.9 Å². The molecule has 23 heavy (non-hydrogen) atoms. The minimum absolute atomic E-state index is 0.0887. The zero-order valence-corrected chi connectivity index (χ0v) is 13.8. The Labute approximate surface area is 135 Å². The average Bonchev–Trinajstić information content (AvgIpc) is 2.51. The third kappa shape index (κ3) is 6.15. The first-order valence-corrected chi connectivity index (χ1v) is 7.22. The van der Waals surface area contributed by atoms with Crippen LogP contribution in [0, 0.1) is 0 Å². The van der Waals surface area contributed by atoms with Crippen LogP contribution in [-0.2, 0) is 14.3 Å². The van der Waals surface area contributed by atoms with Gasteiger partial charge in [0.15, 0.2) is 0 Å². The summed E-state index contributed by atoms with van der Waals surface area (Å²) in [5.74, 6) is -0.393. The van der Waals surface area contributed by atoms with E-state index in [0.717, 1.165) is 0 Å². The Morgan fingerprint density at radius 1 is 1.22 bits per heavy atom. The molecular weight excluding hydrogens is 302 g/mol. The van der Waals surface area contributed by atoms with E-state index < -0.39 is 12.0 Å². The number of rotatable bonds is 9. The van der Waals surface area contributed by atoms with Crippen LogP contribution in [0.3, 0.4) is 0 Å². The highest BCUT2D eigenvalue weighted by Crippen LogP contribution is 2.31. The van der Waals surface area contributed by atoms with Crippen LogP contribution in [-0.4, -0.2) is 43.9 Å². The molecule has 0 saturated heterocycles. The molecule has 0 fully saturated rings. The van der Waals surface area contributed by atoms with Crippen molar-refractivity contribution in [3.63, 3.8) is 0 Å². The highest BCUT2D eigenvalue weighted by Gasteiger charge is 2.22. The Balaban J connectivity index is 2.97. The van der Waals surface area contributed by atoms with Crippen LogP contribution in [0.4, 0.5) is 0 Å². The van der Waals surface area contributed by atoms with Gasteiger partial charge in [0.05, 0.1) is 32.8 Å². The number of benzene rings is 1. The van der Waals surface area contributed by atoms with Crippen molar-refractivity contribution < 1.29 is 28.9 Å². The molecule has 1 unspecified atom stereocenters. The van der Waals surface area contributed by atoms with Crippen molar-refractivity contribution in [2.24, 2.45) is 0 Å². The molecule has 0 aliphatic rings. The molecule has 1 rings (SSSR count). The summed E-state index contributed by atoms with van der Waals surface area (Å²) in [4.78, 5) is 23.0. The molecule has 1 atom stereocenters. The van der Waals surface area contributed by atoms with Gasteiger partial charge in [-0.2, -0.15) is 0 Å². The highest BCUT2D eigenvalue weighted by atomic mass is 16.5. The number of carboxylic acid groups (broad SMARTS) is 1. The van der Waals surface area contributed by atoms with E-state index in [9.17, 15) is 9.59 Å². The summed E-state index contributed by atoms with van der Waals surface area (Å²) in [5, 5.41) is 11.8. The minimum atomic E-state index is -1.03. The van der Waals surface area contributed by atoms with Crippen molar-refractivity contribution in [1.29, 1.82) is 0 Å². The van der Waals surface area contributed by atoms with Crippen molar-refractivity contribution in [3.05, 3.63) is 23.8 Å². The first-order valence-electron chi connectivity index (χ1n) is 7.22. The van der Waals surface area contributed by atoms with Gasteiger partial charge in [0.2, 0.25) is 5.91 Å². The van der Waals surface area contributed by atoms with Gasteiger partial charge < -0.3 is 24.6 Å². The number of methoxy groups -OCH3 is 2. The quantitative estimate of drug-likeness (QED) is 0.718. The number of nitrogens with one attached hydrogen (secondary N) is 1. The topological polar surface area (TPSA) is 94.1 Å². The molecule has 0 saturated carbocycles. The molecule has 0 aliphatic carbocycles. The van der Waals surface area contributed by atoms with Gasteiger partial charge in [0, 0.05) is 11.6 Å². The van der Waals surface area contributed by atoms with Crippen molar-refractivity contribution >= 4 is 11.9 Å². The number of hydrogen-bond donors (Lipinski definition) is 2. The van der Waals surface area contributed by atoms with E-state index in [1.807, 2.05) is 13.8 Å². The fourth-order valence-electron chi connectivity index (χ4n) is 2.00. The molecular formula is C16H23NO6. The Hall–Kier alpha value is -2.28. The van der Waals surface area contributed by atoms with Crippen LogP contribution in [0.5, 0.6) is 11.5 Å². The lowest BCUT2D eigenvalue weighted by molar-refractivity contribution is -0.138. The molecule has 7 heteroatoms. The summed E-state index contributed by atoms with van der Waals surface area (Å²) in [6, 6.07) is 4.27. The van der Waals surface area contributed by atoms with Crippen molar-refractivity contribution in [2.45, 2.75) is 32.4 Å². The Morgan fingerprint density at radius 3 is 2.43 bits per heavy atom. The number of carbonyl (C=O) groups is 2. The van der Waals surface area contributed by atoms with E-state index in [1.54, 1.807) is 18.2 Å². The standard InChI is InChI=1S/C16H23NO6/c1-10(2)23-9-15(18)17-13(8-16(19)20)12-6-5-11(21-3)7-14(12)22-4/h5-7,10,13H,8-9H2,1-4H3,(H,17,18)(H,19,20). The normalized spacial score (nSPS) is 11.9. The van der Waals surface area contributed by atoms with E-state index in [-0.39, 0.29) is 25.0 Å². The summed E-state index contributed by atoms with van der Waals surface area (Å²) < 4.78 is 15.6. The third-order valence-electron chi connectivity index (χ3n) is 3.08. The maximum absolute atomic E-state index is 11.9. The lowest BCUT2D eigenvalue weighted by Crippen LogP contribution is -2.33. The average molecular weight is 325 g/mol. The summed E-state index contributed by atoms with van der Waals surface area (Å²) in [5.41, 5.74) is 0.564. The highest BCUT2D eigenvalue weighted by molar-refractivity contribution is 5.79. The molecule has 0 bridgehead atoms. The van der Waals surface area contributed by atoms with Gasteiger partial charge in [-0.25, -0.2) is 0 Å². The van der Waals surface area contributed by atoms with Gasteiger partial charge in [-0.3, -0.25) is 9.59 Å². The Morgan fingerprint density at radius 2 is 1.91 bits per heavy atom. The minimum Gasteiger partial charge on any atom is -0.497 e. The molecule has 2 N–H and O–H groups in total. The zero-order chi connectivity index (χ0) is 17.4. The van der Waals surface area contributed by atoms with Crippen LogP contribution in [0.2, 0.25) is 0 Å². The first-order chi connectivity index (χ1) is 10.9. The predicted octanol–water partition coefficient (Wildman–Crippen LogP) is 1.76. The van der Waals surface area contributed by atoms with E-state index in [2.05, 4.69) is 5.32 Å².